The minimum Gasteiger partial charge on any atom is -0.494 e. The van der Waals surface area contributed by atoms with Crippen molar-refractivity contribution in [2.24, 2.45) is 0 Å². The second-order valence-corrected chi connectivity index (χ2v) is 6.73. The lowest BCUT2D eigenvalue weighted by Gasteiger charge is -2.07. The molecule has 0 atom stereocenters. The van der Waals surface area contributed by atoms with Crippen LogP contribution < -0.4 is 10.1 Å². The van der Waals surface area contributed by atoms with Gasteiger partial charge in [-0.1, -0.05) is 36.4 Å². The lowest BCUT2D eigenvalue weighted by molar-refractivity contribution is 0.0956. The Morgan fingerprint density at radius 2 is 1.79 bits per heavy atom. The van der Waals surface area contributed by atoms with Crippen molar-refractivity contribution in [2.75, 3.05) is 13.2 Å². The average molecular weight is 339 g/mol. The molecule has 1 heterocycles. The number of ether oxygens (including phenoxy) is 1. The summed E-state index contributed by atoms with van der Waals surface area (Å²) < 4.78 is 6.81. The molecule has 0 saturated heterocycles. The van der Waals surface area contributed by atoms with Gasteiger partial charge in [0.15, 0.2) is 0 Å². The maximum atomic E-state index is 12.4. The first kappa shape index (κ1) is 16.5. The molecule has 2 aromatic carbocycles. The molecule has 0 aliphatic rings. The van der Waals surface area contributed by atoms with Crippen LogP contribution in [-0.2, 0) is 0 Å². The summed E-state index contributed by atoms with van der Waals surface area (Å²) in [4.78, 5) is 13.2. The Balaban J connectivity index is 1.43. The molecule has 3 rings (SSSR count). The summed E-state index contributed by atoms with van der Waals surface area (Å²) in [6.45, 7) is 3.36. The first-order valence-electron chi connectivity index (χ1n) is 8.20. The number of rotatable bonds is 7. The largest absolute Gasteiger partial charge is 0.494 e. The average Bonchev–Trinajstić information content (AvgIpc) is 2.96. The van der Waals surface area contributed by atoms with E-state index in [-0.39, 0.29) is 5.91 Å². The molecule has 0 fully saturated rings. The highest BCUT2D eigenvalue weighted by molar-refractivity contribution is 7.21. The number of amides is 1. The molecule has 1 N–H and O–H groups in total. The summed E-state index contributed by atoms with van der Waals surface area (Å²) in [5.41, 5.74) is 1.07. The van der Waals surface area contributed by atoms with Crippen molar-refractivity contribution >= 4 is 27.3 Å². The zero-order chi connectivity index (χ0) is 16.8. The highest BCUT2D eigenvalue weighted by Crippen LogP contribution is 2.30. The Hall–Kier alpha value is -2.33. The number of unbranched alkanes of at least 4 members (excludes halogenated alkanes) is 1. The quantitative estimate of drug-likeness (QED) is 0.628. The van der Waals surface area contributed by atoms with E-state index in [0.717, 1.165) is 33.7 Å². The summed E-state index contributed by atoms with van der Waals surface area (Å²) >= 11 is 1.56. The number of hydrogen-bond acceptors (Lipinski definition) is 3. The molecular weight excluding hydrogens is 318 g/mol. The fourth-order valence-corrected chi connectivity index (χ4v) is 3.73. The van der Waals surface area contributed by atoms with Crippen molar-refractivity contribution in [3.8, 4) is 5.75 Å². The van der Waals surface area contributed by atoms with E-state index in [1.54, 1.807) is 11.3 Å². The minimum atomic E-state index is 0.0256. The zero-order valence-electron chi connectivity index (χ0n) is 13.7. The Kier molecular flexibility index (Phi) is 5.49. The molecule has 0 spiro atoms. The van der Waals surface area contributed by atoms with Crippen molar-refractivity contribution in [3.05, 3.63) is 65.0 Å². The molecule has 1 amide bonds. The highest BCUT2D eigenvalue weighted by atomic mass is 32.1. The van der Waals surface area contributed by atoms with Crippen LogP contribution in [0.2, 0.25) is 0 Å². The number of para-hydroxylation sites is 1. The Morgan fingerprint density at radius 1 is 1.04 bits per heavy atom. The van der Waals surface area contributed by atoms with E-state index in [0.29, 0.717) is 13.2 Å². The number of hydrogen-bond donors (Lipinski definition) is 1. The molecule has 3 aromatic rings. The lowest BCUT2D eigenvalue weighted by atomic mass is 10.1. The number of fused-ring (bicyclic) bond motifs is 1. The van der Waals surface area contributed by atoms with Crippen molar-refractivity contribution in [1.82, 2.24) is 5.32 Å². The van der Waals surface area contributed by atoms with Crippen LogP contribution in [-0.4, -0.2) is 19.1 Å². The molecule has 0 saturated carbocycles. The number of benzene rings is 2. The third-order valence-corrected chi connectivity index (χ3v) is 5.19. The number of thiophene rings is 1. The van der Waals surface area contributed by atoms with Crippen molar-refractivity contribution in [1.29, 1.82) is 0 Å². The predicted octanol–water partition coefficient (Wildman–Crippen LogP) is 4.80. The van der Waals surface area contributed by atoms with Gasteiger partial charge >= 0.3 is 0 Å². The number of carbonyl (C=O) groups is 1. The SMILES string of the molecule is Cc1c(C(=O)NCCCCOc2ccccc2)sc2ccccc12. The van der Waals surface area contributed by atoms with Gasteiger partial charge in [-0.15, -0.1) is 11.3 Å². The Morgan fingerprint density at radius 3 is 2.58 bits per heavy atom. The van der Waals surface area contributed by atoms with Crippen molar-refractivity contribution in [3.63, 3.8) is 0 Å². The van der Waals surface area contributed by atoms with Gasteiger partial charge in [-0.3, -0.25) is 4.79 Å². The minimum absolute atomic E-state index is 0.0256. The summed E-state index contributed by atoms with van der Waals surface area (Å²) in [5.74, 6) is 0.917. The van der Waals surface area contributed by atoms with Crippen molar-refractivity contribution in [2.45, 2.75) is 19.8 Å². The van der Waals surface area contributed by atoms with Gasteiger partial charge in [-0.2, -0.15) is 0 Å². The van der Waals surface area contributed by atoms with E-state index in [2.05, 4.69) is 17.4 Å². The highest BCUT2D eigenvalue weighted by Gasteiger charge is 2.14. The number of aryl methyl sites for hydroxylation is 1. The molecule has 3 nitrogen and oxygen atoms in total. The summed E-state index contributed by atoms with van der Waals surface area (Å²) in [6.07, 6.45) is 1.82. The fraction of sp³-hybridized carbons (Fsp3) is 0.250. The van der Waals surface area contributed by atoms with Gasteiger partial charge in [-0.25, -0.2) is 0 Å². The van der Waals surface area contributed by atoms with Gasteiger partial charge in [0.05, 0.1) is 11.5 Å². The van der Waals surface area contributed by atoms with Gasteiger partial charge in [0.1, 0.15) is 5.75 Å². The Bertz CT molecular complexity index is 811. The van der Waals surface area contributed by atoms with E-state index in [1.807, 2.05) is 49.4 Å². The summed E-state index contributed by atoms with van der Waals surface area (Å²) in [6, 6.07) is 17.9. The topological polar surface area (TPSA) is 38.3 Å². The monoisotopic (exact) mass is 339 g/mol. The third-order valence-electron chi connectivity index (χ3n) is 3.92. The second kappa shape index (κ2) is 7.97. The van der Waals surface area contributed by atoms with Gasteiger partial charge in [0, 0.05) is 11.2 Å². The smallest absolute Gasteiger partial charge is 0.261 e. The molecule has 0 aliphatic carbocycles. The number of nitrogens with one attached hydrogen (secondary N) is 1. The molecule has 0 radical (unpaired) electrons. The first-order valence-corrected chi connectivity index (χ1v) is 9.01. The molecule has 124 valence electrons. The van der Waals surface area contributed by atoms with Crippen LogP contribution in [0.5, 0.6) is 5.75 Å². The molecule has 1 aromatic heterocycles. The summed E-state index contributed by atoms with van der Waals surface area (Å²) in [7, 11) is 0. The molecule has 4 heteroatoms. The van der Waals surface area contributed by atoms with Gasteiger partial charge in [0.25, 0.3) is 5.91 Å². The van der Waals surface area contributed by atoms with Crippen LogP contribution in [0.4, 0.5) is 0 Å². The third kappa shape index (κ3) is 3.95. The van der Waals surface area contributed by atoms with Gasteiger partial charge < -0.3 is 10.1 Å². The molecular formula is C20H21NO2S. The second-order valence-electron chi connectivity index (χ2n) is 5.68. The molecule has 0 aliphatic heterocycles. The van der Waals surface area contributed by atoms with Crippen LogP contribution in [0, 0.1) is 6.92 Å². The Labute approximate surface area is 146 Å². The van der Waals surface area contributed by atoms with Gasteiger partial charge in [0.2, 0.25) is 0 Å². The molecule has 0 bridgehead atoms. The van der Waals surface area contributed by atoms with Crippen LogP contribution in [0.25, 0.3) is 10.1 Å². The van der Waals surface area contributed by atoms with Crippen LogP contribution in [0.3, 0.4) is 0 Å². The zero-order valence-corrected chi connectivity index (χ0v) is 14.6. The first-order chi connectivity index (χ1) is 11.8. The number of carbonyl (C=O) groups excluding carboxylic acids is 1. The standard InChI is InChI=1S/C20H21NO2S/c1-15-17-11-5-6-12-18(17)24-19(15)20(22)21-13-7-8-14-23-16-9-3-2-4-10-16/h2-6,9-12H,7-8,13-14H2,1H3,(H,21,22). The van der Waals surface area contributed by atoms with Crippen LogP contribution in [0.15, 0.2) is 54.6 Å². The van der Waals surface area contributed by atoms with E-state index in [4.69, 9.17) is 4.74 Å². The fourth-order valence-electron chi connectivity index (χ4n) is 2.61. The predicted molar refractivity (Wildman–Crippen MR) is 100 cm³/mol. The normalized spacial score (nSPS) is 10.7. The molecule has 0 unspecified atom stereocenters. The van der Waals surface area contributed by atoms with E-state index < -0.39 is 0 Å². The van der Waals surface area contributed by atoms with Crippen LogP contribution in [0.1, 0.15) is 28.1 Å². The van der Waals surface area contributed by atoms with Crippen molar-refractivity contribution < 1.29 is 9.53 Å². The van der Waals surface area contributed by atoms with E-state index in [1.165, 1.54) is 5.39 Å². The summed E-state index contributed by atoms with van der Waals surface area (Å²) in [5, 5.41) is 4.19. The van der Waals surface area contributed by atoms with E-state index in [9.17, 15) is 4.79 Å². The molecule has 24 heavy (non-hydrogen) atoms. The van der Waals surface area contributed by atoms with Crippen LogP contribution >= 0.6 is 11.3 Å². The van der Waals surface area contributed by atoms with E-state index >= 15 is 0 Å². The van der Waals surface area contributed by atoms with Gasteiger partial charge in [-0.05, 0) is 48.9 Å². The maximum Gasteiger partial charge on any atom is 0.261 e. The lowest BCUT2D eigenvalue weighted by Crippen LogP contribution is -2.24. The maximum absolute atomic E-state index is 12.4.